The molecule has 126 valence electrons. The maximum atomic E-state index is 12.2. The van der Waals surface area contributed by atoms with E-state index in [1.807, 2.05) is 18.2 Å². The van der Waals surface area contributed by atoms with Gasteiger partial charge in [0, 0.05) is 11.6 Å². The molecule has 0 saturated carbocycles. The molecule has 0 fully saturated rings. The molecule has 0 aliphatic heterocycles. The number of hydrogen-bond acceptors (Lipinski definition) is 6. The lowest BCUT2D eigenvalue weighted by Crippen LogP contribution is -2.24. The molecule has 1 aromatic heterocycles. The summed E-state index contributed by atoms with van der Waals surface area (Å²) >= 11 is 0. The fourth-order valence-electron chi connectivity index (χ4n) is 1.95. The summed E-state index contributed by atoms with van der Waals surface area (Å²) in [6, 6.07) is 10.6. The third-order valence-corrected chi connectivity index (χ3v) is 6.02. The van der Waals surface area contributed by atoms with Gasteiger partial charge in [0.05, 0.1) is 23.4 Å². The summed E-state index contributed by atoms with van der Waals surface area (Å²) in [5.74, 6) is -1.50. The quantitative estimate of drug-likeness (QED) is 0.500. The van der Waals surface area contributed by atoms with Crippen LogP contribution in [0.1, 0.15) is 12.1 Å². The summed E-state index contributed by atoms with van der Waals surface area (Å²) in [7, 11) is -8.12. The van der Waals surface area contributed by atoms with E-state index in [0.717, 1.165) is 5.56 Å². The molecule has 2 atom stereocenters. The average Bonchev–Trinajstić information content (AvgIpc) is 2.92. The van der Waals surface area contributed by atoms with E-state index in [9.17, 15) is 17.9 Å². The Bertz CT molecular complexity index is 805. The van der Waals surface area contributed by atoms with Crippen LogP contribution in [0.15, 0.2) is 40.9 Å². The highest BCUT2D eigenvalue weighted by Gasteiger charge is 2.30. The highest BCUT2D eigenvalue weighted by molar-refractivity contribution is 7.85. The van der Waals surface area contributed by atoms with E-state index in [4.69, 9.17) is 14.8 Å². The van der Waals surface area contributed by atoms with Gasteiger partial charge in [0.15, 0.2) is 5.76 Å². The molecule has 2 unspecified atom stereocenters. The van der Waals surface area contributed by atoms with Gasteiger partial charge in [0.2, 0.25) is 7.37 Å². The van der Waals surface area contributed by atoms with Crippen LogP contribution in [0.4, 0.5) is 0 Å². The van der Waals surface area contributed by atoms with Crippen molar-refractivity contribution in [2.45, 2.75) is 18.4 Å². The van der Waals surface area contributed by atoms with E-state index in [-0.39, 0.29) is 18.3 Å². The molecule has 10 heteroatoms. The molecule has 2 aromatic rings. The van der Waals surface area contributed by atoms with Crippen LogP contribution >= 0.6 is 7.37 Å². The van der Waals surface area contributed by atoms with Crippen LogP contribution in [-0.4, -0.2) is 34.6 Å². The van der Waals surface area contributed by atoms with E-state index in [2.05, 4.69) is 5.16 Å². The van der Waals surface area contributed by atoms with E-state index >= 15 is 0 Å². The standard InChI is InChI=1S/C13H17N2O6PS/c14-13(6-7-23(18,19)20)22(16,17)9-11-8-12(21-15-11)10-4-2-1-3-5-10/h1-5,8,13H,6-7,9,14H2,(H,16,17)(H,18,19,20). The molecule has 8 nitrogen and oxygen atoms in total. The zero-order chi connectivity index (χ0) is 17.1. The van der Waals surface area contributed by atoms with E-state index in [1.54, 1.807) is 12.1 Å². The molecule has 0 aliphatic rings. The van der Waals surface area contributed by atoms with Crippen LogP contribution < -0.4 is 5.73 Å². The largest absolute Gasteiger partial charge is 0.356 e. The van der Waals surface area contributed by atoms with Gasteiger partial charge in [0.1, 0.15) is 0 Å². The minimum atomic E-state index is -4.23. The Labute approximate surface area is 133 Å². The molecule has 0 aliphatic carbocycles. The van der Waals surface area contributed by atoms with Gasteiger partial charge in [0.25, 0.3) is 10.1 Å². The van der Waals surface area contributed by atoms with Crippen molar-refractivity contribution in [3.05, 3.63) is 42.1 Å². The van der Waals surface area contributed by atoms with Crippen LogP contribution in [0.3, 0.4) is 0 Å². The molecule has 0 amide bonds. The molecule has 23 heavy (non-hydrogen) atoms. The number of nitrogens with two attached hydrogens (primary N) is 1. The van der Waals surface area contributed by atoms with Gasteiger partial charge in [-0.05, 0) is 6.42 Å². The summed E-state index contributed by atoms with van der Waals surface area (Å²) in [5, 5.41) is 3.74. The Morgan fingerprint density at radius 2 is 1.96 bits per heavy atom. The first-order chi connectivity index (χ1) is 10.7. The van der Waals surface area contributed by atoms with Crippen molar-refractivity contribution in [3.63, 3.8) is 0 Å². The van der Waals surface area contributed by atoms with Crippen molar-refractivity contribution in [1.29, 1.82) is 0 Å². The van der Waals surface area contributed by atoms with Gasteiger partial charge in [-0.3, -0.25) is 9.12 Å². The zero-order valence-electron chi connectivity index (χ0n) is 12.1. The van der Waals surface area contributed by atoms with Crippen LogP contribution in [-0.2, 0) is 20.8 Å². The second kappa shape index (κ2) is 6.94. The zero-order valence-corrected chi connectivity index (χ0v) is 13.8. The van der Waals surface area contributed by atoms with Crippen molar-refractivity contribution >= 4 is 17.5 Å². The summed E-state index contributed by atoms with van der Waals surface area (Å²) in [5.41, 5.74) is 6.60. The van der Waals surface area contributed by atoms with Crippen LogP contribution in [0, 0.1) is 0 Å². The predicted octanol–water partition coefficient (Wildman–Crippen LogP) is 1.67. The minimum absolute atomic E-state index is 0.247. The highest BCUT2D eigenvalue weighted by atomic mass is 32.2. The van der Waals surface area contributed by atoms with Crippen molar-refractivity contribution in [3.8, 4) is 11.3 Å². The van der Waals surface area contributed by atoms with Crippen molar-refractivity contribution in [2.75, 3.05) is 5.75 Å². The number of aromatic nitrogens is 1. The first kappa shape index (κ1) is 17.8. The lowest BCUT2D eigenvalue weighted by atomic mass is 10.2. The SMILES string of the molecule is NC(CCS(=O)(=O)O)P(=O)(O)Cc1cc(-c2ccccc2)on1. The maximum absolute atomic E-state index is 12.2. The Balaban J connectivity index is 2.06. The molecular weight excluding hydrogens is 343 g/mol. The molecule has 0 radical (unpaired) electrons. The van der Waals surface area contributed by atoms with Crippen molar-refractivity contribution in [1.82, 2.24) is 5.16 Å². The van der Waals surface area contributed by atoms with Gasteiger partial charge in [-0.2, -0.15) is 8.42 Å². The van der Waals surface area contributed by atoms with E-state index in [0.29, 0.717) is 5.76 Å². The molecule has 0 bridgehead atoms. The van der Waals surface area contributed by atoms with Crippen LogP contribution in [0.25, 0.3) is 11.3 Å². The summed E-state index contributed by atoms with van der Waals surface area (Å²) in [6.07, 6.45) is -0.661. The molecule has 1 heterocycles. The number of rotatable bonds is 7. The van der Waals surface area contributed by atoms with E-state index < -0.39 is 29.0 Å². The topological polar surface area (TPSA) is 144 Å². The molecule has 1 aromatic carbocycles. The smallest absolute Gasteiger partial charge is 0.264 e. The Morgan fingerprint density at radius 1 is 1.30 bits per heavy atom. The van der Waals surface area contributed by atoms with Gasteiger partial charge >= 0.3 is 0 Å². The normalized spacial score (nSPS) is 16.0. The Kier molecular flexibility index (Phi) is 5.38. The van der Waals surface area contributed by atoms with Gasteiger partial charge in [-0.25, -0.2) is 0 Å². The summed E-state index contributed by atoms with van der Waals surface area (Å²) in [4.78, 5) is 9.99. The molecule has 4 N–H and O–H groups in total. The highest BCUT2D eigenvalue weighted by Crippen LogP contribution is 2.48. The number of benzene rings is 1. The first-order valence-electron chi connectivity index (χ1n) is 6.71. The van der Waals surface area contributed by atoms with Crippen LogP contribution in [0.5, 0.6) is 0 Å². The Hall–Kier alpha value is -1.51. The predicted molar refractivity (Wildman–Crippen MR) is 84.5 cm³/mol. The van der Waals surface area contributed by atoms with Crippen molar-refractivity contribution < 1.29 is 27.0 Å². The third kappa shape index (κ3) is 5.26. The molecular formula is C13H17N2O6PS. The number of hydrogen-bond donors (Lipinski definition) is 3. The second-order valence-corrected chi connectivity index (χ2v) is 9.17. The molecule has 2 rings (SSSR count). The fourth-order valence-corrected chi connectivity index (χ4v) is 4.05. The van der Waals surface area contributed by atoms with E-state index in [1.165, 1.54) is 6.07 Å². The average molecular weight is 360 g/mol. The van der Waals surface area contributed by atoms with Crippen molar-refractivity contribution in [2.24, 2.45) is 5.73 Å². The summed E-state index contributed by atoms with van der Waals surface area (Å²) in [6.45, 7) is 0. The fraction of sp³-hybridized carbons (Fsp3) is 0.308. The first-order valence-corrected chi connectivity index (χ1v) is 10.2. The summed E-state index contributed by atoms with van der Waals surface area (Å²) < 4.78 is 47.4. The molecule has 0 saturated heterocycles. The monoisotopic (exact) mass is 360 g/mol. The Morgan fingerprint density at radius 3 is 2.57 bits per heavy atom. The molecule has 0 spiro atoms. The van der Waals surface area contributed by atoms with Gasteiger partial charge in [-0.15, -0.1) is 0 Å². The van der Waals surface area contributed by atoms with Crippen LogP contribution in [0.2, 0.25) is 0 Å². The second-order valence-electron chi connectivity index (χ2n) is 5.10. The number of nitrogens with zero attached hydrogens (tertiary/aromatic N) is 1. The maximum Gasteiger partial charge on any atom is 0.264 e. The lowest BCUT2D eigenvalue weighted by molar-refractivity contribution is 0.421. The van der Waals surface area contributed by atoms with Gasteiger partial charge < -0.3 is 15.2 Å². The lowest BCUT2D eigenvalue weighted by Gasteiger charge is -2.17. The minimum Gasteiger partial charge on any atom is -0.356 e. The third-order valence-electron chi connectivity index (χ3n) is 3.20. The van der Waals surface area contributed by atoms with Gasteiger partial charge in [-0.1, -0.05) is 35.5 Å².